The SMILES string of the molecule is Nc1ccc(NC(=O)c2ccc(N)c(Cl)c2Cl)cc1. The van der Waals surface area contributed by atoms with Gasteiger partial charge in [-0.1, -0.05) is 23.2 Å². The first-order valence-corrected chi connectivity index (χ1v) is 6.15. The van der Waals surface area contributed by atoms with Crippen LogP contribution in [0.2, 0.25) is 10.0 Å². The van der Waals surface area contributed by atoms with Gasteiger partial charge in [0.2, 0.25) is 0 Å². The van der Waals surface area contributed by atoms with Gasteiger partial charge in [-0.2, -0.15) is 0 Å². The highest BCUT2D eigenvalue weighted by molar-refractivity contribution is 6.45. The predicted molar refractivity (Wildman–Crippen MR) is 79.7 cm³/mol. The zero-order valence-electron chi connectivity index (χ0n) is 9.78. The summed E-state index contributed by atoms with van der Waals surface area (Å²) in [6.07, 6.45) is 0. The maximum atomic E-state index is 12.1. The maximum Gasteiger partial charge on any atom is 0.257 e. The van der Waals surface area contributed by atoms with E-state index in [1.807, 2.05) is 0 Å². The Hall–Kier alpha value is -1.91. The number of benzene rings is 2. The van der Waals surface area contributed by atoms with Crippen LogP contribution >= 0.6 is 23.2 Å². The molecule has 5 N–H and O–H groups in total. The van der Waals surface area contributed by atoms with Crippen LogP contribution in [0.5, 0.6) is 0 Å². The van der Waals surface area contributed by atoms with Gasteiger partial charge in [0, 0.05) is 11.4 Å². The number of nitrogen functional groups attached to an aromatic ring is 2. The van der Waals surface area contributed by atoms with E-state index in [-0.39, 0.29) is 21.5 Å². The van der Waals surface area contributed by atoms with Crippen LogP contribution in [0.1, 0.15) is 10.4 Å². The summed E-state index contributed by atoms with van der Waals surface area (Å²) in [5, 5.41) is 3.00. The number of rotatable bonds is 2. The lowest BCUT2D eigenvalue weighted by Gasteiger charge is -2.09. The number of hydrogen-bond acceptors (Lipinski definition) is 3. The highest BCUT2D eigenvalue weighted by atomic mass is 35.5. The highest BCUT2D eigenvalue weighted by Gasteiger charge is 2.14. The van der Waals surface area contributed by atoms with Gasteiger partial charge in [-0.05, 0) is 36.4 Å². The number of carbonyl (C=O) groups excluding carboxylic acids is 1. The second-order valence-electron chi connectivity index (χ2n) is 3.91. The summed E-state index contributed by atoms with van der Waals surface area (Å²) in [5.41, 5.74) is 13.0. The number of hydrogen-bond donors (Lipinski definition) is 3. The molecule has 6 heteroatoms. The lowest BCUT2D eigenvalue weighted by molar-refractivity contribution is 0.102. The van der Waals surface area contributed by atoms with Crippen LogP contribution in [0.25, 0.3) is 0 Å². The average Bonchev–Trinajstić information content (AvgIpc) is 2.39. The van der Waals surface area contributed by atoms with E-state index in [1.54, 1.807) is 24.3 Å². The Balaban J connectivity index is 2.25. The molecule has 0 atom stereocenters. The molecule has 2 aromatic carbocycles. The summed E-state index contributed by atoms with van der Waals surface area (Å²) in [6.45, 7) is 0. The fraction of sp³-hybridized carbons (Fsp3) is 0. The van der Waals surface area contributed by atoms with E-state index in [0.29, 0.717) is 17.1 Å². The molecule has 0 heterocycles. The van der Waals surface area contributed by atoms with Crippen LogP contribution in [0, 0.1) is 0 Å². The molecule has 0 aliphatic rings. The van der Waals surface area contributed by atoms with Gasteiger partial charge in [0.1, 0.15) is 0 Å². The number of anilines is 3. The van der Waals surface area contributed by atoms with Crippen LogP contribution in [-0.2, 0) is 0 Å². The van der Waals surface area contributed by atoms with E-state index in [4.69, 9.17) is 34.7 Å². The monoisotopic (exact) mass is 295 g/mol. The lowest BCUT2D eigenvalue weighted by Crippen LogP contribution is -2.12. The van der Waals surface area contributed by atoms with Gasteiger partial charge in [0.25, 0.3) is 5.91 Å². The first-order chi connectivity index (χ1) is 8.99. The molecule has 0 saturated carbocycles. The number of nitrogens with one attached hydrogen (secondary N) is 1. The number of carbonyl (C=O) groups is 1. The molecule has 0 aromatic heterocycles. The summed E-state index contributed by atoms with van der Waals surface area (Å²) < 4.78 is 0. The lowest BCUT2D eigenvalue weighted by atomic mass is 10.2. The van der Waals surface area contributed by atoms with Crippen LogP contribution in [0.15, 0.2) is 36.4 Å². The highest BCUT2D eigenvalue weighted by Crippen LogP contribution is 2.31. The van der Waals surface area contributed by atoms with Crippen LogP contribution in [0.4, 0.5) is 17.1 Å². The van der Waals surface area contributed by atoms with Gasteiger partial charge in [-0.25, -0.2) is 0 Å². The first kappa shape index (κ1) is 13.5. The van der Waals surface area contributed by atoms with Crippen LogP contribution in [-0.4, -0.2) is 5.91 Å². The Morgan fingerprint density at radius 3 is 2.21 bits per heavy atom. The van der Waals surface area contributed by atoms with Gasteiger partial charge in [-0.15, -0.1) is 0 Å². The molecule has 98 valence electrons. The molecule has 0 unspecified atom stereocenters. The molecule has 0 saturated heterocycles. The molecule has 0 aliphatic heterocycles. The summed E-state index contributed by atoms with van der Waals surface area (Å²) in [7, 11) is 0. The minimum atomic E-state index is -0.364. The molecule has 2 rings (SSSR count). The molecular formula is C13H11Cl2N3O. The Labute approximate surface area is 120 Å². The van der Waals surface area contributed by atoms with Gasteiger partial charge in [0.05, 0.1) is 21.3 Å². The van der Waals surface area contributed by atoms with Crippen molar-refractivity contribution in [2.24, 2.45) is 0 Å². The zero-order valence-corrected chi connectivity index (χ0v) is 11.3. The Morgan fingerprint density at radius 1 is 0.947 bits per heavy atom. The molecule has 4 nitrogen and oxygen atoms in total. The van der Waals surface area contributed by atoms with Gasteiger partial charge >= 0.3 is 0 Å². The maximum absolute atomic E-state index is 12.1. The van der Waals surface area contributed by atoms with E-state index in [2.05, 4.69) is 5.32 Å². The summed E-state index contributed by atoms with van der Waals surface area (Å²) >= 11 is 11.9. The Morgan fingerprint density at radius 2 is 1.58 bits per heavy atom. The first-order valence-electron chi connectivity index (χ1n) is 5.39. The van der Waals surface area contributed by atoms with Gasteiger partial charge in [-0.3, -0.25) is 4.79 Å². The number of halogens is 2. The molecule has 0 bridgehead atoms. The molecule has 1 amide bonds. The van der Waals surface area contributed by atoms with Crippen molar-refractivity contribution in [3.05, 3.63) is 52.0 Å². The number of nitrogens with two attached hydrogens (primary N) is 2. The summed E-state index contributed by atoms with van der Waals surface area (Å²) in [5.74, 6) is -0.364. The topological polar surface area (TPSA) is 81.1 Å². The van der Waals surface area contributed by atoms with Crippen LogP contribution < -0.4 is 16.8 Å². The van der Waals surface area contributed by atoms with Crippen molar-refractivity contribution >= 4 is 46.2 Å². The third kappa shape index (κ3) is 2.92. The quantitative estimate of drug-likeness (QED) is 0.743. The standard InChI is InChI=1S/C13H11Cl2N3O/c14-11-9(5-6-10(17)12(11)15)13(19)18-8-3-1-7(16)2-4-8/h1-6H,16-17H2,(H,18,19). The predicted octanol–water partition coefficient (Wildman–Crippen LogP) is 3.41. The third-order valence-electron chi connectivity index (χ3n) is 2.53. The van der Waals surface area contributed by atoms with Crippen molar-refractivity contribution in [3.63, 3.8) is 0 Å². The Bertz CT molecular complexity index is 627. The second kappa shape index (κ2) is 5.38. The number of amides is 1. The molecule has 0 radical (unpaired) electrons. The van der Waals surface area contributed by atoms with Gasteiger partial charge < -0.3 is 16.8 Å². The molecular weight excluding hydrogens is 285 g/mol. The average molecular weight is 296 g/mol. The Kier molecular flexibility index (Phi) is 3.83. The van der Waals surface area contributed by atoms with Crippen LogP contribution in [0.3, 0.4) is 0 Å². The molecule has 19 heavy (non-hydrogen) atoms. The second-order valence-corrected chi connectivity index (χ2v) is 4.66. The molecule has 0 fully saturated rings. The van der Waals surface area contributed by atoms with Crippen molar-refractivity contribution in [1.82, 2.24) is 0 Å². The fourth-order valence-electron chi connectivity index (χ4n) is 1.50. The van der Waals surface area contributed by atoms with E-state index >= 15 is 0 Å². The molecule has 0 spiro atoms. The van der Waals surface area contributed by atoms with Crippen molar-refractivity contribution in [3.8, 4) is 0 Å². The molecule has 2 aromatic rings. The third-order valence-corrected chi connectivity index (χ3v) is 3.42. The van der Waals surface area contributed by atoms with E-state index in [1.165, 1.54) is 12.1 Å². The minimum Gasteiger partial charge on any atom is -0.399 e. The normalized spacial score (nSPS) is 10.2. The summed E-state index contributed by atoms with van der Waals surface area (Å²) in [6, 6.07) is 9.82. The van der Waals surface area contributed by atoms with Crippen molar-refractivity contribution in [2.45, 2.75) is 0 Å². The van der Waals surface area contributed by atoms with E-state index in [0.717, 1.165) is 0 Å². The fourth-order valence-corrected chi connectivity index (χ4v) is 1.93. The smallest absolute Gasteiger partial charge is 0.257 e. The minimum absolute atomic E-state index is 0.134. The van der Waals surface area contributed by atoms with E-state index < -0.39 is 0 Å². The van der Waals surface area contributed by atoms with Crippen molar-refractivity contribution in [1.29, 1.82) is 0 Å². The van der Waals surface area contributed by atoms with Crippen molar-refractivity contribution < 1.29 is 4.79 Å². The van der Waals surface area contributed by atoms with E-state index in [9.17, 15) is 4.79 Å². The van der Waals surface area contributed by atoms with Crippen molar-refractivity contribution in [2.75, 3.05) is 16.8 Å². The summed E-state index contributed by atoms with van der Waals surface area (Å²) in [4.78, 5) is 12.1. The zero-order chi connectivity index (χ0) is 14.0. The molecule has 0 aliphatic carbocycles. The largest absolute Gasteiger partial charge is 0.399 e. The van der Waals surface area contributed by atoms with Gasteiger partial charge in [0.15, 0.2) is 0 Å².